The summed E-state index contributed by atoms with van der Waals surface area (Å²) >= 11 is 33.3. The molecular weight excluding hydrogens is 1900 g/mol. The Labute approximate surface area is 873 Å². The normalized spacial score (nSPS) is 20.5. The maximum atomic E-state index is 12.4. The first kappa shape index (κ1) is 107. The molecule has 0 aromatic heterocycles. The molecule has 1 aliphatic carbocycles. The number of carbonyl (C=O) groups excluding carboxylic acids is 1. The molecule has 0 unspecified atom stereocenters. The zero-order valence-electron chi connectivity index (χ0n) is 82.8. The van der Waals surface area contributed by atoms with Gasteiger partial charge in [0.1, 0.15) is 41.2 Å². The van der Waals surface area contributed by atoms with Gasteiger partial charge < -0.3 is 110 Å². The van der Waals surface area contributed by atoms with Crippen molar-refractivity contribution in [1.82, 2.24) is 90.7 Å². The average molecular weight is 2050 g/mol. The van der Waals surface area contributed by atoms with Crippen LogP contribution >= 0.6 is 73.3 Å². The van der Waals surface area contributed by atoms with E-state index in [0.717, 1.165) is 375 Å². The van der Waals surface area contributed by atoms with Gasteiger partial charge in [-0.25, -0.2) is 4.39 Å². The Kier molecular flexibility index (Phi) is 43.2. The highest BCUT2D eigenvalue weighted by Crippen LogP contribution is 2.38. The Bertz CT molecular complexity index is 5240. The first-order valence-corrected chi connectivity index (χ1v) is 53.5. The number of amides is 1. The maximum absolute atomic E-state index is 12.4. The molecule has 12 aliphatic heterocycles. The smallest absolute Gasteiger partial charge is 0.219 e. The number of allylic oxidation sites excluding steroid dienone is 6. The molecule has 762 valence electrons. The van der Waals surface area contributed by atoms with Gasteiger partial charge in [-0.05, 0) is 246 Å². The number of benzene rings is 6. The molecule has 1 amide bonds. The van der Waals surface area contributed by atoms with Gasteiger partial charge in [-0.1, -0.05) is 123 Å². The van der Waals surface area contributed by atoms with Crippen LogP contribution in [0.25, 0.3) is 33.4 Å². The zero-order chi connectivity index (χ0) is 99.0. The second kappa shape index (κ2) is 57.2. The van der Waals surface area contributed by atoms with Crippen LogP contribution in [0.2, 0.25) is 0 Å². The van der Waals surface area contributed by atoms with Crippen molar-refractivity contribution in [2.75, 3.05) is 230 Å². The summed E-state index contributed by atoms with van der Waals surface area (Å²) in [5, 5.41) is 33.6. The Morgan fingerprint density at radius 2 is 0.563 bits per heavy atom. The number of ether oxygens (including phenoxy) is 6. The van der Waals surface area contributed by atoms with Gasteiger partial charge in [-0.3, -0.25) is 19.5 Å². The number of β-amino-alcohol motifs (C(OH)–C–C–N with tert-alkyl or cyclic N) is 1. The van der Waals surface area contributed by atoms with E-state index in [1.165, 1.54) is 57.4 Å². The molecule has 13 aliphatic rings. The molecule has 6 aromatic rings. The summed E-state index contributed by atoms with van der Waals surface area (Å²) in [5.41, 5.74) is 14.4. The van der Waals surface area contributed by atoms with Crippen molar-refractivity contribution in [3.63, 3.8) is 0 Å². The molecule has 0 spiro atoms. The zero-order valence-corrected chi connectivity index (χ0v) is 87.7. The van der Waals surface area contributed by atoms with Crippen LogP contribution in [0.4, 0.5) is 4.39 Å². The summed E-state index contributed by atoms with van der Waals surface area (Å²) in [6.07, 6.45) is 29.0. The lowest BCUT2D eigenvalue weighted by Crippen LogP contribution is -2.52. The third kappa shape index (κ3) is 32.5. The standard InChI is InChI=1S/C19H25N3OS.C18H24FN3OS.C18H23N3O2S.C18H25N3O2S.C18H25N3OS.C18H23N3OS/c24-19(22-11-9-21(10-12-22)16-7-8-16)20-14-15-4-3-13-23-18-6-2-1-5-17(15)18;19-7-8-21-9-11-22(12-10-21)18(24)20-14-15-4-3-13-23-17-6-2-1-5-16(15)17;1-14(22)20-8-10-21(11-9-20)18(24)19-13-15-5-4-12-23-17-7-3-2-6-16(15)17;22-12-11-20-7-9-21(10-8-20)18(24)19-14-15-4-3-13-23-17-6-2-1-5-16(15)17;2*1-2-20-9-11-21(12-10-20)18(23)19-14-15-6-5-13-22-17-8-4-3-7-16(15)17/h1-2,5-6,14,16H,3-4,7-13H2,(H,20,24);1-2,5-6,14H,3-4,7-13H2,(H,20,24);2-3,6-7,13H,4-5,8-12H2,1H3,(H,19,24);1-2,5-6,14,22H,3-4,7-13H2,(H,19,24);3-4,7-8,14H,2,5-6,9-13H2,1H3,(H,19,23);2-4,7-8,14H,1,5-6,9-13H2,(H,19,23)/b2*15-14-;15-13-;3*15-14-. The van der Waals surface area contributed by atoms with Crippen molar-refractivity contribution in [2.45, 2.75) is 110 Å². The van der Waals surface area contributed by atoms with Gasteiger partial charge in [-0.2, -0.15) is 0 Å². The minimum absolute atomic E-state index is 0.130. The SMILES string of the molecule is C=CN1CCN(C(=S)N/C=C2/CCCOc3ccccc32)CC1.CC(=O)N1CCN(C(=S)N/C=C2/CCCOc3ccccc32)CC1.CCN1CCN(C(=S)N/C=C2/CCCOc3ccccc32)CC1.FCCN1CCN(C(=S)N/C=C2/CCCOc3ccccc32)CC1.OCCN1CCN(C(=S)N/C=C2/CCCOc3ccccc32)CC1.S=C(N/C=C1/CCCOc2ccccc21)N1CCN(C2CC2)CC1. The number of hydrogen-bond donors (Lipinski definition) is 7. The van der Waals surface area contributed by atoms with Crippen molar-refractivity contribution >= 4 is 143 Å². The van der Waals surface area contributed by atoms with Crippen molar-refractivity contribution in [3.8, 4) is 34.5 Å². The number of aliphatic hydroxyl groups is 1. The highest BCUT2D eigenvalue weighted by atomic mass is 32.1. The molecule has 19 rings (SSSR count). The van der Waals surface area contributed by atoms with Gasteiger partial charge in [0.15, 0.2) is 30.7 Å². The second-order valence-electron chi connectivity index (χ2n) is 36.8. The summed E-state index contributed by atoms with van der Waals surface area (Å²) in [5.74, 6) is 5.87. The lowest BCUT2D eigenvalue weighted by molar-refractivity contribution is -0.130. The van der Waals surface area contributed by atoms with Gasteiger partial charge in [0.2, 0.25) is 5.91 Å². The predicted molar refractivity (Wildman–Crippen MR) is 595 cm³/mol. The summed E-state index contributed by atoms with van der Waals surface area (Å²) in [6, 6.07) is 50.0. The molecule has 26 nitrogen and oxygen atoms in total. The number of halogens is 1. The fourth-order valence-electron chi connectivity index (χ4n) is 18.9. The number of alkyl halides is 1. The molecule has 33 heteroatoms. The first-order chi connectivity index (χ1) is 69.6. The third-order valence-corrected chi connectivity index (χ3v) is 29.7. The minimum Gasteiger partial charge on any atom is -0.493 e. The molecule has 7 fully saturated rings. The summed E-state index contributed by atoms with van der Waals surface area (Å²) in [7, 11) is 0. The number of carbonyl (C=O) groups is 1. The number of rotatable bonds is 13. The van der Waals surface area contributed by atoms with Gasteiger partial charge in [0, 0.05) is 254 Å². The Hall–Kier alpha value is -10.6. The third-order valence-electron chi connectivity index (χ3n) is 27.5. The van der Waals surface area contributed by atoms with Gasteiger partial charge in [0.05, 0.1) is 46.2 Å². The van der Waals surface area contributed by atoms with Crippen LogP contribution in [0, 0.1) is 0 Å². The maximum Gasteiger partial charge on any atom is 0.219 e. The molecule has 0 bridgehead atoms. The lowest BCUT2D eigenvalue weighted by atomic mass is 10.0. The first-order valence-electron chi connectivity index (χ1n) is 51.1. The molecule has 142 heavy (non-hydrogen) atoms. The summed E-state index contributed by atoms with van der Waals surface area (Å²) in [6.45, 7) is 36.9. The van der Waals surface area contributed by atoms with Crippen LogP contribution in [0.5, 0.6) is 34.5 Å². The fraction of sp³-hybridized carbons (Fsp3) is 0.477. The van der Waals surface area contributed by atoms with Gasteiger partial charge in [0.25, 0.3) is 0 Å². The topological polar surface area (TPSA) is 204 Å². The van der Waals surface area contributed by atoms with Crippen molar-refractivity contribution in [3.05, 3.63) is 229 Å². The van der Waals surface area contributed by atoms with Crippen LogP contribution in [-0.4, -0.2) is 336 Å². The number of nitrogens with zero attached hydrogens (tertiary/aromatic N) is 12. The van der Waals surface area contributed by atoms with Crippen molar-refractivity contribution in [1.29, 1.82) is 0 Å². The van der Waals surface area contributed by atoms with E-state index in [-0.39, 0.29) is 19.2 Å². The van der Waals surface area contributed by atoms with E-state index in [2.05, 4.69) is 166 Å². The van der Waals surface area contributed by atoms with Crippen LogP contribution in [-0.2, 0) is 4.79 Å². The molecular formula is C109H145FN18O8S6. The summed E-state index contributed by atoms with van der Waals surface area (Å²) < 4.78 is 47.2. The quantitative estimate of drug-likeness (QED) is 0.0537. The van der Waals surface area contributed by atoms with E-state index in [9.17, 15) is 9.18 Å². The number of thiocarbonyl (C=S) groups is 6. The van der Waals surface area contributed by atoms with Crippen molar-refractivity contribution < 1.29 is 42.7 Å². The minimum atomic E-state index is -0.281. The van der Waals surface area contributed by atoms with Crippen LogP contribution < -0.4 is 60.3 Å². The van der Waals surface area contributed by atoms with E-state index in [1.54, 1.807) is 6.92 Å². The Morgan fingerprint density at radius 1 is 0.338 bits per heavy atom. The number of para-hydroxylation sites is 6. The van der Waals surface area contributed by atoms with Crippen LogP contribution in [0.15, 0.2) is 196 Å². The van der Waals surface area contributed by atoms with E-state index in [4.69, 9.17) is 107 Å². The van der Waals surface area contributed by atoms with Crippen LogP contribution in [0.1, 0.15) is 137 Å². The van der Waals surface area contributed by atoms with E-state index >= 15 is 0 Å². The number of piperazine rings is 6. The molecule has 6 saturated heterocycles. The molecule has 0 atom stereocenters. The van der Waals surface area contributed by atoms with Crippen molar-refractivity contribution in [2.24, 2.45) is 0 Å². The highest BCUT2D eigenvalue weighted by molar-refractivity contribution is 7.81. The average Bonchev–Trinajstić information content (AvgIpc) is 1.75. The number of fused-ring (bicyclic) bond motifs is 6. The van der Waals surface area contributed by atoms with Gasteiger partial charge >= 0.3 is 0 Å². The summed E-state index contributed by atoms with van der Waals surface area (Å²) in [4.78, 5) is 38.2. The monoisotopic (exact) mass is 2040 g/mol. The molecule has 12 heterocycles. The largest absolute Gasteiger partial charge is 0.493 e. The molecule has 0 radical (unpaired) electrons. The highest BCUT2D eigenvalue weighted by Gasteiger charge is 2.33. The molecule has 7 N–H and O–H groups in total. The second-order valence-corrected chi connectivity index (χ2v) is 39.2. The number of hydrogen-bond acceptors (Lipinski definition) is 19. The number of aliphatic hydroxyl groups excluding tert-OH is 1. The number of likely N-dealkylation sites (N-methyl/N-ethyl adjacent to an activating group) is 1. The predicted octanol–water partition coefficient (Wildman–Crippen LogP) is 15.0. The van der Waals surface area contributed by atoms with Gasteiger partial charge in [-0.15, -0.1) is 0 Å². The van der Waals surface area contributed by atoms with E-state index < -0.39 is 0 Å². The molecule has 1 saturated carbocycles. The van der Waals surface area contributed by atoms with E-state index in [0.29, 0.717) is 11.7 Å². The van der Waals surface area contributed by atoms with Crippen LogP contribution in [0.3, 0.4) is 0 Å². The number of nitrogens with one attached hydrogen (secondary N) is 6. The van der Waals surface area contributed by atoms with E-state index in [1.807, 2.05) is 127 Å². The Balaban J connectivity index is 0.000000135. The lowest BCUT2D eigenvalue weighted by Gasteiger charge is -2.36. The Morgan fingerprint density at radius 3 is 0.796 bits per heavy atom. The molecule has 6 aromatic carbocycles. The fourth-order valence-corrected chi connectivity index (χ4v) is 20.4.